The van der Waals surface area contributed by atoms with Gasteiger partial charge in [0.2, 0.25) is 0 Å². The highest BCUT2D eigenvalue weighted by atomic mass is 19.1. The van der Waals surface area contributed by atoms with Crippen molar-refractivity contribution in [1.29, 1.82) is 0 Å². The number of hydrogen-bond donors (Lipinski definition) is 0. The summed E-state index contributed by atoms with van der Waals surface area (Å²) < 4.78 is 18.7. The lowest BCUT2D eigenvalue weighted by Gasteiger charge is -2.55. The molecule has 3 atom stereocenters. The largest absolute Gasteiger partial charge is 0.380 e. The van der Waals surface area contributed by atoms with E-state index in [4.69, 9.17) is 4.74 Å². The zero-order chi connectivity index (χ0) is 10.4. The number of ether oxygens (including phenoxy) is 1. The Morgan fingerprint density at radius 2 is 1.50 bits per heavy atom. The van der Waals surface area contributed by atoms with Crippen LogP contribution in [-0.4, -0.2) is 19.9 Å². The smallest absolute Gasteiger partial charge is 0.0948 e. The first-order valence-corrected chi connectivity index (χ1v) is 5.53. The third-order valence-corrected chi connectivity index (χ3v) is 3.78. The van der Waals surface area contributed by atoms with Crippen molar-refractivity contribution in [3.8, 4) is 0 Å². The molecular formula is C12H21FO. The fourth-order valence-electron chi connectivity index (χ4n) is 4.12. The third-order valence-electron chi connectivity index (χ3n) is 3.78. The maximum atomic E-state index is 13.1. The number of rotatable bonds is 1. The topological polar surface area (TPSA) is 9.23 Å². The monoisotopic (exact) mass is 200 g/mol. The summed E-state index contributed by atoms with van der Waals surface area (Å²) in [5.74, 6) is 0. The highest BCUT2D eigenvalue weighted by Gasteiger charge is 2.51. The fraction of sp³-hybridized carbons (Fsp3) is 1.00. The predicted molar refractivity (Wildman–Crippen MR) is 55.0 cm³/mol. The molecule has 1 nitrogen and oxygen atoms in total. The lowest BCUT2D eigenvalue weighted by Crippen LogP contribution is -2.51. The van der Waals surface area contributed by atoms with Crippen LogP contribution in [0, 0.1) is 16.2 Å². The average Bonchev–Trinajstić information content (AvgIpc) is 1.99. The summed E-state index contributed by atoms with van der Waals surface area (Å²) in [6.07, 6.45) is 3.16. The Balaban J connectivity index is 2.25. The summed E-state index contributed by atoms with van der Waals surface area (Å²) in [4.78, 5) is 0. The van der Waals surface area contributed by atoms with Gasteiger partial charge in [-0.15, -0.1) is 0 Å². The maximum absolute atomic E-state index is 13.1. The van der Waals surface area contributed by atoms with Crippen LogP contribution in [0.4, 0.5) is 4.39 Å². The van der Waals surface area contributed by atoms with Crippen LogP contribution in [0.2, 0.25) is 0 Å². The van der Waals surface area contributed by atoms with Gasteiger partial charge in [-0.05, 0) is 35.5 Å². The van der Waals surface area contributed by atoms with Crippen molar-refractivity contribution in [2.75, 3.05) is 19.9 Å². The van der Waals surface area contributed by atoms with E-state index in [9.17, 15) is 4.39 Å². The van der Waals surface area contributed by atoms with Crippen molar-refractivity contribution in [1.82, 2.24) is 0 Å². The summed E-state index contributed by atoms with van der Waals surface area (Å²) in [6.45, 7) is 8.04. The van der Waals surface area contributed by atoms with Gasteiger partial charge in [0, 0.05) is 0 Å². The van der Waals surface area contributed by atoms with E-state index in [2.05, 4.69) is 20.8 Å². The summed E-state index contributed by atoms with van der Waals surface area (Å²) >= 11 is 0. The van der Waals surface area contributed by atoms with Crippen molar-refractivity contribution in [3.05, 3.63) is 0 Å². The van der Waals surface area contributed by atoms with Gasteiger partial charge in [-0.2, -0.15) is 0 Å². The molecule has 0 aromatic heterocycles. The van der Waals surface area contributed by atoms with E-state index in [0.29, 0.717) is 0 Å². The van der Waals surface area contributed by atoms with Gasteiger partial charge in [0.25, 0.3) is 0 Å². The number of alkyl halides is 1. The minimum absolute atomic E-state index is 0.106. The standard InChI is InChI=1S/C12H21FO/c1-10(7-13)4-11(2)6-12(3,5-10)9-14-8-11/h4-9H2,1-3H3/t10?,11-,12+. The van der Waals surface area contributed by atoms with Crippen LogP contribution >= 0.6 is 0 Å². The predicted octanol–water partition coefficient (Wildman–Crippen LogP) is 3.19. The van der Waals surface area contributed by atoms with E-state index in [1.165, 1.54) is 6.42 Å². The SMILES string of the molecule is CC1(CF)C[C@]2(C)COC[C@](C)(C1)C2. The van der Waals surface area contributed by atoms with E-state index in [-0.39, 0.29) is 22.9 Å². The van der Waals surface area contributed by atoms with Crippen LogP contribution in [-0.2, 0) is 4.74 Å². The first kappa shape index (κ1) is 10.4. The highest BCUT2D eigenvalue weighted by Crippen LogP contribution is 2.56. The molecule has 0 spiro atoms. The van der Waals surface area contributed by atoms with Gasteiger partial charge in [0.15, 0.2) is 0 Å². The minimum atomic E-state index is -0.182. The molecule has 2 heteroatoms. The number of fused-ring (bicyclic) bond motifs is 2. The first-order chi connectivity index (χ1) is 6.39. The molecule has 2 bridgehead atoms. The van der Waals surface area contributed by atoms with Gasteiger partial charge >= 0.3 is 0 Å². The van der Waals surface area contributed by atoms with Crippen LogP contribution in [0.25, 0.3) is 0 Å². The van der Waals surface area contributed by atoms with E-state index < -0.39 is 0 Å². The molecular weight excluding hydrogens is 179 g/mol. The lowest BCUT2D eigenvalue weighted by molar-refractivity contribution is -0.147. The molecule has 0 aromatic carbocycles. The van der Waals surface area contributed by atoms with Gasteiger partial charge in [-0.1, -0.05) is 20.8 Å². The van der Waals surface area contributed by atoms with Gasteiger partial charge in [0.1, 0.15) is 0 Å². The molecule has 1 aliphatic carbocycles. The molecule has 1 heterocycles. The molecule has 1 saturated carbocycles. The highest BCUT2D eigenvalue weighted by molar-refractivity contribution is 5.00. The Morgan fingerprint density at radius 1 is 1.00 bits per heavy atom. The normalized spacial score (nSPS) is 53.1. The minimum Gasteiger partial charge on any atom is -0.380 e. The van der Waals surface area contributed by atoms with Crippen molar-refractivity contribution < 1.29 is 9.13 Å². The summed E-state index contributed by atoms with van der Waals surface area (Å²) in [6, 6.07) is 0. The first-order valence-electron chi connectivity index (χ1n) is 5.53. The van der Waals surface area contributed by atoms with E-state index in [0.717, 1.165) is 26.1 Å². The second kappa shape index (κ2) is 2.94. The Bertz CT molecular complexity index is 218. The Labute approximate surface area is 86.0 Å². The third kappa shape index (κ3) is 1.69. The van der Waals surface area contributed by atoms with Gasteiger partial charge < -0.3 is 4.74 Å². The van der Waals surface area contributed by atoms with E-state index in [1.807, 2.05) is 0 Å². The molecule has 1 saturated heterocycles. The summed E-state index contributed by atoms with van der Waals surface area (Å²) in [7, 11) is 0. The molecule has 2 rings (SSSR count). The van der Waals surface area contributed by atoms with Gasteiger partial charge in [-0.3, -0.25) is 4.39 Å². The second-order valence-electron chi connectivity index (χ2n) is 6.59. The quantitative estimate of drug-likeness (QED) is 0.631. The van der Waals surface area contributed by atoms with Crippen LogP contribution in [0.1, 0.15) is 40.0 Å². The molecule has 0 amide bonds. The molecule has 82 valence electrons. The van der Waals surface area contributed by atoms with Gasteiger partial charge in [-0.25, -0.2) is 0 Å². The fourth-order valence-corrected chi connectivity index (χ4v) is 4.12. The van der Waals surface area contributed by atoms with Gasteiger partial charge in [0.05, 0.1) is 19.9 Å². The number of hydrogen-bond acceptors (Lipinski definition) is 1. The Hall–Kier alpha value is -0.110. The van der Waals surface area contributed by atoms with Crippen LogP contribution in [0.15, 0.2) is 0 Å². The molecule has 0 N–H and O–H groups in total. The number of halogens is 1. The van der Waals surface area contributed by atoms with E-state index >= 15 is 0 Å². The summed E-state index contributed by atoms with van der Waals surface area (Å²) in [5, 5.41) is 0. The average molecular weight is 200 g/mol. The van der Waals surface area contributed by atoms with E-state index in [1.54, 1.807) is 0 Å². The van der Waals surface area contributed by atoms with Crippen molar-refractivity contribution in [3.63, 3.8) is 0 Å². The van der Waals surface area contributed by atoms with Crippen molar-refractivity contribution in [2.24, 2.45) is 16.2 Å². The Morgan fingerprint density at radius 3 is 1.93 bits per heavy atom. The zero-order valence-electron chi connectivity index (χ0n) is 9.53. The zero-order valence-corrected chi connectivity index (χ0v) is 9.53. The molecule has 0 aromatic rings. The van der Waals surface area contributed by atoms with Crippen LogP contribution in [0.3, 0.4) is 0 Å². The summed E-state index contributed by atoms with van der Waals surface area (Å²) in [5.41, 5.74) is 0.323. The lowest BCUT2D eigenvalue weighted by atomic mass is 9.54. The Kier molecular flexibility index (Phi) is 2.19. The van der Waals surface area contributed by atoms with Crippen molar-refractivity contribution in [2.45, 2.75) is 40.0 Å². The molecule has 2 fully saturated rings. The molecule has 2 aliphatic rings. The van der Waals surface area contributed by atoms with Crippen molar-refractivity contribution >= 4 is 0 Å². The maximum Gasteiger partial charge on any atom is 0.0948 e. The second-order valence-corrected chi connectivity index (χ2v) is 6.59. The van der Waals surface area contributed by atoms with Crippen LogP contribution in [0.5, 0.6) is 0 Å². The molecule has 0 radical (unpaired) electrons. The van der Waals surface area contributed by atoms with Crippen LogP contribution < -0.4 is 0 Å². The molecule has 1 aliphatic heterocycles. The molecule has 1 unspecified atom stereocenters. The molecule has 14 heavy (non-hydrogen) atoms.